The summed E-state index contributed by atoms with van der Waals surface area (Å²) in [5.41, 5.74) is 2.30. The molecule has 2 aromatic carbocycles. The first-order valence-electron chi connectivity index (χ1n) is 7.05. The van der Waals surface area contributed by atoms with E-state index in [9.17, 15) is 0 Å². The largest absolute Gasteiger partial charge is 0.490 e. The van der Waals surface area contributed by atoms with Crippen LogP contribution >= 0.6 is 15.9 Å². The third-order valence-corrected chi connectivity index (χ3v) is 3.60. The summed E-state index contributed by atoms with van der Waals surface area (Å²) in [4.78, 5) is 0. The summed E-state index contributed by atoms with van der Waals surface area (Å²) < 4.78 is 12.4. The molecule has 0 fully saturated rings. The summed E-state index contributed by atoms with van der Waals surface area (Å²) in [5, 5.41) is 3.35. The lowest BCUT2D eigenvalue weighted by Gasteiger charge is -2.13. The van der Waals surface area contributed by atoms with Crippen LogP contribution in [0.5, 0.6) is 11.5 Å². The molecule has 0 bridgehead atoms. The number of halogens is 1. The second-order valence-corrected chi connectivity index (χ2v) is 5.49. The van der Waals surface area contributed by atoms with Gasteiger partial charge in [0, 0.05) is 16.7 Å². The quantitative estimate of drug-likeness (QED) is 0.738. The molecule has 0 heterocycles. The summed E-state index contributed by atoms with van der Waals surface area (Å²) in [6, 6.07) is 14.0. The Morgan fingerprint density at radius 1 is 1.05 bits per heavy atom. The number of hydrogen-bond acceptors (Lipinski definition) is 3. The number of benzene rings is 2. The summed E-state index contributed by atoms with van der Waals surface area (Å²) >= 11 is 3.55. The summed E-state index contributed by atoms with van der Waals surface area (Å²) in [5.74, 6) is 1.57. The number of ether oxygens (including phenoxy) is 2. The molecule has 0 aliphatic rings. The van der Waals surface area contributed by atoms with E-state index < -0.39 is 0 Å². The van der Waals surface area contributed by atoms with Crippen LogP contribution < -0.4 is 14.8 Å². The zero-order chi connectivity index (χ0) is 15.1. The van der Waals surface area contributed by atoms with Crippen LogP contribution in [0.15, 0.2) is 46.9 Å². The van der Waals surface area contributed by atoms with E-state index in [0.717, 1.165) is 28.2 Å². The first-order chi connectivity index (χ1) is 10.2. The normalized spacial score (nSPS) is 10.2. The number of anilines is 1. The third kappa shape index (κ3) is 4.67. The maximum atomic E-state index is 5.77. The Labute approximate surface area is 134 Å². The molecule has 2 rings (SSSR count). The highest BCUT2D eigenvalue weighted by Gasteiger charge is 2.03. The molecule has 2 aromatic rings. The second kappa shape index (κ2) is 7.93. The van der Waals surface area contributed by atoms with Gasteiger partial charge in [0.05, 0.1) is 6.61 Å². The first kappa shape index (κ1) is 15.7. The highest BCUT2D eigenvalue weighted by molar-refractivity contribution is 9.10. The Morgan fingerprint density at radius 3 is 2.43 bits per heavy atom. The van der Waals surface area contributed by atoms with Gasteiger partial charge in [-0.25, -0.2) is 0 Å². The van der Waals surface area contributed by atoms with Crippen LogP contribution in [0, 0.1) is 6.92 Å². The third-order valence-electron chi connectivity index (χ3n) is 2.95. The van der Waals surface area contributed by atoms with Gasteiger partial charge in [-0.1, -0.05) is 18.2 Å². The zero-order valence-corrected chi connectivity index (χ0v) is 13.9. The fourth-order valence-electron chi connectivity index (χ4n) is 1.95. The molecule has 4 heteroatoms. The van der Waals surface area contributed by atoms with Gasteiger partial charge in [-0.05, 0) is 59.6 Å². The number of para-hydroxylation sites is 2. The molecule has 0 atom stereocenters. The molecule has 0 unspecified atom stereocenters. The molecule has 0 spiro atoms. The van der Waals surface area contributed by atoms with E-state index >= 15 is 0 Å². The van der Waals surface area contributed by atoms with Gasteiger partial charge >= 0.3 is 0 Å². The Hall–Kier alpha value is -1.68. The Morgan fingerprint density at radius 2 is 1.76 bits per heavy atom. The van der Waals surface area contributed by atoms with Crippen molar-refractivity contribution in [3.05, 3.63) is 52.5 Å². The molecule has 0 radical (unpaired) electrons. The van der Waals surface area contributed by atoms with Crippen molar-refractivity contribution >= 4 is 21.6 Å². The smallest absolute Gasteiger partial charge is 0.161 e. The summed E-state index contributed by atoms with van der Waals surface area (Å²) in [6.45, 7) is 5.97. The maximum absolute atomic E-state index is 5.77. The fraction of sp³-hybridized carbons (Fsp3) is 0.294. The van der Waals surface area contributed by atoms with Crippen LogP contribution in [0.1, 0.15) is 12.5 Å². The number of rotatable bonds is 7. The number of aryl methyl sites for hydroxylation is 1. The highest BCUT2D eigenvalue weighted by Crippen LogP contribution is 2.26. The van der Waals surface area contributed by atoms with E-state index in [-0.39, 0.29) is 0 Å². The van der Waals surface area contributed by atoms with Crippen LogP contribution in [0.4, 0.5) is 5.69 Å². The highest BCUT2D eigenvalue weighted by atomic mass is 79.9. The van der Waals surface area contributed by atoms with Gasteiger partial charge in [0.15, 0.2) is 11.5 Å². The van der Waals surface area contributed by atoms with Crippen LogP contribution in [0.25, 0.3) is 0 Å². The summed E-state index contributed by atoms with van der Waals surface area (Å²) in [6.07, 6.45) is 0. The van der Waals surface area contributed by atoms with Crippen LogP contribution in [-0.2, 0) is 0 Å². The molecule has 0 aromatic heterocycles. The fourth-order valence-corrected chi connectivity index (χ4v) is 2.59. The molecule has 0 aliphatic heterocycles. The van der Waals surface area contributed by atoms with E-state index in [4.69, 9.17) is 9.47 Å². The van der Waals surface area contributed by atoms with Gasteiger partial charge in [0.2, 0.25) is 0 Å². The van der Waals surface area contributed by atoms with E-state index in [1.54, 1.807) is 0 Å². The molecule has 0 aliphatic carbocycles. The second-order valence-electron chi connectivity index (χ2n) is 4.64. The number of nitrogens with one attached hydrogen (secondary N) is 1. The van der Waals surface area contributed by atoms with Gasteiger partial charge < -0.3 is 14.8 Å². The molecule has 0 amide bonds. The molecule has 112 valence electrons. The standard InChI is InChI=1S/C17H20BrNO2/c1-3-20-16-6-4-5-7-17(16)21-11-10-19-15-9-8-13(2)12-14(15)18/h4-9,12,19H,3,10-11H2,1-2H3. The van der Waals surface area contributed by atoms with Crippen molar-refractivity contribution in [2.45, 2.75) is 13.8 Å². The van der Waals surface area contributed by atoms with Crippen molar-refractivity contribution < 1.29 is 9.47 Å². The van der Waals surface area contributed by atoms with Gasteiger partial charge in [-0.3, -0.25) is 0 Å². The van der Waals surface area contributed by atoms with Crippen molar-refractivity contribution in [1.82, 2.24) is 0 Å². The first-order valence-corrected chi connectivity index (χ1v) is 7.84. The summed E-state index contributed by atoms with van der Waals surface area (Å²) in [7, 11) is 0. The minimum Gasteiger partial charge on any atom is -0.490 e. The predicted octanol–water partition coefficient (Wildman–Crippen LogP) is 4.65. The maximum Gasteiger partial charge on any atom is 0.161 e. The molecular formula is C17H20BrNO2. The van der Waals surface area contributed by atoms with E-state index in [0.29, 0.717) is 13.2 Å². The number of hydrogen-bond donors (Lipinski definition) is 1. The predicted molar refractivity (Wildman–Crippen MR) is 90.5 cm³/mol. The lowest BCUT2D eigenvalue weighted by molar-refractivity contribution is 0.284. The van der Waals surface area contributed by atoms with Crippen LogP contribution in [-0.4, -0.2) is 19.8 Å². The molecule has 21 heavy (non-hydrogen) atoms. The molecule has 0 saturated heterocycles. The van der Waals surface area contributed by atoms with Crippen LogP contribution in [0.3, 0.4) is 0 Å². The minimum atomic E-state index is 0.574. The van der Waals surface area contributed by atoms with Gasteiger partial charge in [0.1, 0.15) is 6.61 Å². The van der Waals surface area contributed by atoms with Crippen LogP contribution in [0.2, 0.25) is 0 Å². The SMILES string of the molecule is CCOc1ccccc1OCCNc1ccc(C)cc1Br. The molecular weight excluding hydrogens is 330 g/mol. The lowest BCUT2D eigenvalue weighted by Crippen LogP contribution is -2.12. The Balaban J connectivity index is 1.84. The minimum absolute atomic E-state index is 0.574. The van der Waals surface area contributed by atoms with E-state index in [1.165, 1.54) is 5.56 Å². The van der Waals surface area contributed by atoms with E-state index in [1.807, 2.05) is 31.2 Å². The monoisotopic (exact) mass is 349 g/mol. The van der Waals surface area contributed by atoms with Crippen molar-refractivity contribution in [2.75, 3.05) is 25.1 Å². The average molecular weight is 350 g/mol. The van der Waals surface area contributed by atoms with Crippen molar-refractivity contribution in [1.29, 1.82) is 0 Å². The topological polar surface area (TPSA) is 30.5 Å². The van der Waals surface area contributed by atoms with Crippen molar-refractivity contribution in [3.8, 4) is 11.5 Å². The van der Waals surface area contributed by atoms with E-state index in [2.05, 4.69) is 46.4 Å². The van der Waals surface area contributed by atoms with Gasteiger partial charge in [-0.2, -0.15) is 0 Å². The Bertz CT molecular complexity index is 587. The van der Waals surface area contributed by atoms with Gasteiger partial charge in [-0.15, -0.1) is 0 Å². The van der Waals surface area contributed by atoms with Crippen molar-refractivity contribution in [3.63, 3.8) is 0 Å². The lowest BCUT2D eigenvalue weighted by atomic mass is 10.2. The Kier molecular flexibility index (Phi) is 5.93. The van der Waals surface area contributed by atoms with Crippen molar-refractivity contribution in [2.24, 2.45) is 0 Å². The molecule has 3 nitrogen and oxygen atoms in total. The molecule has 1 N–H and O–H groups in total. The molecule has 0 saturated carbocycles. The van der Waals surface area contributed by atoms with Gasteiger partial charge in [0.25, 0.3) is 0 Å². The zero-order valence-electron chi connectivity index (χ0n) is 12.4. The average Bonchev–Trinajstić information content (AvgIpc) is 2.47.